The Labute approximate surface area is 169 Å². The van der Waals surface area contributed by atoms with E-state index < -0.39 is 6.04 Å². The molecule has 3 aromatic rings. The van der Waals surface area contributed by atoms with E-state index in [0.717, 1.165) is 16.9 Å². The summed E-state index contributed by atoms with van der Waals surface area (Å²) in [5.74, 6) is -0.172. The first kappa shape index (κ1) is 19.8. The van der Waals surface area contributed by atoms with Gasteiger partial charge in [-0.15, -0.1) is 11.3 Å². The number of rotatable bonds is 7. The smallest absolute Gasteiger partial charge is 0.241 e. The molecule has 1 amide bonds. The number of carbonyl (C=O) groups is 1. The van der Waals surface area contributed by atoms with Crippen LogP contribution in [-0.4, -0.2) is 11.9 Å². The Morgan fingerprint density at radius 2 is 1.86 bits per heavy atom. The van der Waals surface area contributed by atoms with Crippen LogP contribution in [0.4, 0.5) is 5.69 Å². The number of carbonyl (C=O) groups excluding carboxylic acids is 1. The van der Waals surface area contributed by atoms with Crippen molar-refractivity contribution in [2.75, 3.05) is 5.32 Å². The van der Waals surface area contributed by atoms with Crippen molar-refractivity contribution >= 4 is 22.9 Å². The number of amides is 1. The standard InChI is InChI=1S/C23H23N3OS/c1-3-17-10-12-18(13-11-17)22(21-9-6-14-28-21)25-16(2)23(27)26-20-8-5-4-7-19(20)15-24/h4-14,16,22,25H,3H2,1-2H3,(H,26,27)/t16-,22+/m0/s1. The van der Waals surface area contributed by atoms with Crippen molar-refractivity contribution in [2.45, 2.75) is 32.4 Å². The van der Waals surface area contributed by atoms with Crippen LogP contribution in [0.1, 0.15) is 41.5 Å². The average molecular weight is 390 g/mol. The summed E-state index contributed by atoms with van der Waals surface area (Å²) in [7, 11) is 0. The molecule has 28 heavy (non-hydrogen) atoms. The number of hydrogen-bond acceptors (Lipinski definition) is 4. The molecule has 0 saturated carbocycles. The minimum atomic E-state index is -0.440. The highest BCUT2D eigenvalue weighted by atomic mass is 32.1. The molecule has 2 atom stereocenters. The predicted octanol–water partition coefficient (Wildman–Crippen LogP) is 4.89. The molecule has 1 heterocycles. The van der Waals surface area contributed by atoms with Gasteiger partial charge in [-0.1, -0.05) is 49.4 Å². The maximum atomic E-state index is 12.7. The third-order valence-corrected chi connectivity index (χ3v) is 5.60. The quantitative estimate of drug-likeness (QED) is 0.605. The highest BCUT2D eigenvalue weighted by molar-refractivity contribution is 7.10. The molecule has 0 aliphatic carbocycles. The Morgan fingerprint density at radius 3 is 2.50 bits per heavy atom. The van der Waals surface area contributed by atoms with E-state index >= 15 is 0 Å². The number of nitrogens with one attached hydrogen (secondary N) is 2. The first-order chi connectivity index (χ1) is 13.6. The van der Waals surface area contributed by atoms with Crippen LogP contribution in [0.15, 0.2) is 66.0 Å². The van der Waals surface area contributed by atoms with Crippen LogP contribution in [0.3, 0.4) is 0 Å². The zero-order valence-corrected chi connectivity index (χ0v) is 16.8. The molecule has 0 fully saturated rings. The van der Waals surface area contributed by atoms with Crippen LogP contribution in [-0.2, 0) is 11.2 Å². The average Bonchev–Trinajstić information content (AvgIpc) is 3.27. The van der Waals surface area contributed by atoms with Crippen molar-refractivity contribution in [3.63, 3.8) is 0 Å². The third kappa shape index (κ3) is 4.66. The fourth-order valence-corrected chi connectivity index (χ4v) is 3.81. The maximum absolute atomic E-state index is 12.7. The van der Waals surface area contributed by atoms with Crippen LogP contribution < -0.4 is 10.6 Å². The van der Waals surface area contributed by atoms with E-state index in [9.17, 15) is 10.1 Å². The molecule has 0 aliphatic heterocycles. The van der Waals surface area contributed by atoms with Crippen molar-refractivity contribution in [2.24, 2.45) is 0 Å². The van der Waals surface area contributed by atoms with Crippen LogP contribution in [0.5, 0.6) is 0 Å². The van der Waals surface area contributed by atoms with Gasteiger partial charge in [-0.3, -0.25) is 10.1 Å². The summed E-state index contributed by atoms with van der Waals surface area (Å²) in [4.78, 5) is 13.9. The zero-order chi connectivity index (χ0) is 19.9. The van der Waals surface area contributed by atoms with Gasteiger partial charge < -0.3 is 5.32 Å². The predicted molar refractivity (Wildman–Crippen MR) is 114 cm³/mol. The SMILES string of the molecule is CCc1ccc([C@@H](N[C@@H](C)C(=O)Nc2ccccc2C#N)c2cccs2)cc1. The Hall–Kier alpha value is -2.94. The van der Waals surface area contributed by atoms with Crippen molar-refractivity contribution in [1.82, 2.24) is 5.32 Å². The summed E-state index contributed by atoms with van der Waals surface area (Å²) in [5, 5.41) is 17.6. The fourth-order valence-electron chi connectivity index (χ4n) is 3.00. The summed E-state index contributed by atoms with van der Waals surface area (Å²) in [6, 6.07) is 21.2. The molecule has 0 aliphatic rings. The van der Waals surface area contributed by atoms with Gasteiger partial charge >= 0.3 is 0 Å². The molecule has 0 bridgehead atoms. The monoisotopic (exact) mass is 389 g/mol. The Bertz CT molecular complexity index is 958. The Kier molecular flexibility index (Phi) is 6.59. The summed E-state index contributed by atoms with van der Waals surface area (Å²) in [6.07, 6.45) is 0.995. The summed E-state index contributed by atoms with van der Waals surface area (Å²) < 4.78 is 0. The number of nitriles is 1. The molecular weight excluding hydrogens is 366 g/mol. The Morgan fingerprint density at radius 1 is 1.11 bits per heavy atom. The highest BCUT2D eigenvalue weighted by Gasteiger charge is 2.22. The molecule has 0 saturated heterocycles. The molecule has 142 valence electrons. The number of aryl methyl sites for hydroxylation is 1. The number of nitrogens with zero attached hydrogens (tertiary/aromatic N) is 1. The Balaban J connectivity index is 1.78. The van der Waals surface area contributed by atoms with Gasteiger partial charge in [-0.2, -0.15) is 5.26 Å². The third-order valence-electron chi connectivity index (χ3n) is 4.66. The van der Waals surface area contributed by atoms with Gasteiger partial charge in [0.25, 0.3) is 0 Å². The molecule has 0 unspecified atom stereocenters. The maximum Gasteiger partial charge on any atom is 0.241 e. The number of hydrogen-bond donors (Lipinski definition) is 2. The van der Waals surface area contributed by atoms with Crippen LogP contribution in [0, 0.1) is 11.3 Å². The van der Waals surface area contributed by atoms with Crippen LogP contribution in [0.2, 0.25) is 0 Å². The number of para-hydroxylation sites is 1. The van der Waals surface area contributed by atoms with Crippen LogP contribution in [0.25, 0.3) is 0 Å². The van der Waals surface area contributed by atoms with Gasteiger partial charge in [-0.25, -0.2) is 0 Å². The number of thiophene rings is 1. The lowest BCUT2D eigenvalue weighted by atomic mass is 10.0. The first-order valence-electron chi connectivity index (χ1n) is 9.30. The van der Waals surface area contributed by atoms with Crippen molar-refractivity contribution in [3.05, 3.63) is 87.6 Å². The molecule has 2 aromatic carbocycles. The molecule has 0 spiro atoms. The molecule has 1 aromatic heterocycles. The van der Waals surface area contributed by atoms with Crippen molar-refractivity contribution in [1.29, 1.82) is 5.26 Å². The van der Waals surface area contributed by atoms with E-state index in [4.69, 9.17) is 0 Å². The second-order valence-electron chi connectivity index (χ2n) is 6.58. The van der Waals surface area contributed by atoms with Gasteiger partial charge in [-0.05, 0) is 48.1 Å². The van der Waals surface area contributed by atoms with E-state index in [0.29, 0.717) is 11.3 Å². The van der Waals surface area contributed by atoms with Gasteiger partial charge in [0.1, 0.15) is 6.07 Å². The van der Waals surface area contributed by atoms with E-state index in [2.05, 4.69) is 54.0 Å². The van der Waals surface area contributed by atoms with Gasteiger partial charge in [0.05, 0.1) is 23.3 Å². The lowest BCUT2D eigenvalue weighted by molar-refractivity contribution is -0.117. The van der Waals surface area contributed by atoms with E-state index in [-0.39, 0.29) is 11.9 Å². The van der Waals surface area contributed by atoms with Crippen molar-refractivity contribution < 1.29 is 4.79 Å². The van der Waals surface area contributed by atoms with Gasteiger partial charge in [0, 0.05) is 4.88 Å². The molecule has 2 N–H and O–H groups in total. The minimum absolute atomic E-state index is 0.0714. The highest BCUT2D eigenvalue weighted by Crippen LogP contribution is 2.27. The van der Waals surface area contributed by atoms with E-state index in [1.807, 2.05) is 18.4 Å². The van der Waals surface area contributed by atoms with Crippen molar-refractivity contribution in [3.8, 4) is 6.07 Å². The van der Waals surface area contributed by atoms with Gasteiger partial charge in [0.15, 0.2) is 0 Å². The summed E-state index contributed by atoms with van der Waals surface area (Å²) >= 11 is 1.66. The summed E-state index contributed by atoms with van der Waals surface area (Å²) in [6.45, 7) is 3.97. The van der Waals surface area contributed by atoms with E-state index in [1.165, 1.54) is 5.56 Å². The largest absolute Gasteiger partial charge is 0.324 e. The summed E-state index contributed by atoms with van der Waals surface area (Å²) in [5.41, 5.74) is 3.39. The van der Waals surface area contributed by atoms with Gasteiger partial charge in [0.2, 0.25) is 5.91 Å². The second kappa shape index (κ2) is 9.32. The number of benzene rings is 2. The molecule has 5 heteroatoms. The zero-order valence-electron chi connectivity index (χ0n) is 16.0. The molecule has 0 radical (unpaired) electrons. The molecule has 3 rings (SSSR count). The lowest BCUT2D eigenvalue weighted by Gasteiger charge is -2.23. The lowest BCUT2D eigenvalue weighted by Crippen LogP contribution is -2.40. The topological polar surface area (TPSA) is 64.9 Å². The molecule has 4 nitrogen and oxygen atoms in total. The normalized spacial score (nSPS) is 12.8. The minimum Gasteiger partial charge on any atom is -0.324 e. The van der Waals surface area contributed by atoms with E-state index in [1.54, 1.807) is 35.6 Å². The second-order valence-corrected chi connectivity index (χ2v) is 7.56. The molecular formula is C23H23N3OS. The number of anilines is 1. The first-order valence-corrected chi connectivity index (χ1v) is 10.2. The fraction of sp³-hybridized carbons (Fsp3) is 0.217. The van der Waals surface area contributed by atoms with Crippen LogP contribution >= 0.6 is 11.3 Å².